The average molecular weight is 220 g/mol. The Kier molecular flexibility index (Phi) is 3.53. The van der Waals surface area contributed by atoms with E-state index in [1.165, 1.54) is 12.1 Å². The molecule has 6 heteroatoms. The normalized spacial score (nSPS) is 10.0. The van der Waals surface area contributed by atoms with Crippen molar-refractivity contribution in [3.05, 3.63) is 38.9 Å². The van der Waals surface area contributed by atoms with Crippen LogP contribution < -0.4 is 0 Å². The van der Waals surface area contributed by atoms with Gasteiger partial charge in [-0.1, -0.05) is 17.7 Å². The summed E-state index contributed by atoms with van der Waals surface area (Å²) in [6, 6.07) is 4.42. The second-order valence-corrected chi connectivity index (χ2v) is 3.22. The molecule has 0 atom stereocenters. The maximum Gasteiger partial charge on any atom is 0.275 e. The molecule has 0 aromatic heterocycles. The Morgan fingerprint density at radius 1 is 1.62 bits per heavy atom. The number of hydrogen-bond acceptors (Lipinski definition) is 4. The molecule has 1 aromatic carbocycles. The van der Waals surface area contributed by atoms with Crippen molar-refractivity contribution in [3.63, 3.8) is 0 Å². The number of nitro groups is 1. The molecule has 0 radical (unpaired) electrons. The van der Waals surface area contributed by atoms with Gasteiger partial charge < -0.3 is 4.55 Å². The number of benzene rings is 1. The van der Waals surface area contributed by atoms with E-state index in [2.05, 4.69) is 0 Å². The van der Waals surface area contributed by atoms with Crippen molar-refractivity contribution in [1.29, 1.82) is 0 Å². The highest BCUT2D eigenvalue weighted by Gasteiger charge is 2.15. The van der Waals surface area contributed by atoms with E-state index in [9.17, 15) is 10.1 Å². The predicted octanol–water partition coefficient (Wildman–Crippen LogP) is 2.95. The molecular formula is C7H6ClNO3S. The van der Waals surface area contributed by atoms with Gasteiger partial charge in [-0.15, -0.1) is 0 Å². The summed E-state index contributed by atoms with van der Waals surface area (Å²) in [5.74, 6) is 0.121. The summed E-state index contributed by atoms with van der Waals surface area (Å²) in [6.07, 6.45) is 0. The van der Waals surface area contributed by atoms with Gasteiger partial charge >= 0.3 is 0 Å². The van der Waals surface area contributed by atoms with Crippen LogP contribution >= 0.6 is 23.6 Å². The molecular weight excluding hydrogens is 214 g/mol. The highest BCUT2D eigenvalue weighted by Crippen LogP contribution is 2.28. The fourth-order valence-corrected chi connectivity index (χ4v) is 1.67. The summed E-state index contributed by atoms with van der Waals surface area (Å²) < 4.78 is 8.59. The van der Waals surface area contributed by atoms with E-state index in [1.54, 1.807) is 6.07 Å². The highest BCUT2D eigenvalue weighted by molar-refractivity contribution is 7.92. The molecule has 0 aliphatic carbocycles. The van der Waals surface area contributed by atoms with E-state index in [0.717, 1.165) is 0 Å². The Labute approximate surface area is 83.9 Å². The van der Waals surface area contributed by atoms with Crippen LogP contribution in [0.15, 0.2) is 18.2 Å². The predicted molar refractivity (Wildman–Crippen MR) is 52.0 cm³/mol. The summed E-state index contributed by atoms with van der Waals surface area (Å²) in [5.41, 5.74) is 0.288. The van der Waals surface area contributed by atoms with Crippen molar-refractivity contribution in [2.45, 2.75) is 5.75 Å². The van der Waals surface area contributed by atoms with Crippen LogP contribution in [0.2, 0.25) is 5.02 Å². The monoisotopic (exact) mass is 219 g/mol. The number of halogens is 1. The first kappa shape index (κ1) is 10.3. The smallest absolute Gasteiger partial charge is 0.275 e. The number of hydrogen-bond donors (Lipinski definition) is 1. The Morgan fingerprint density at radius 2 is 2.31 bits per heavy atom. The molecule has 70 valence electrons. The topological polar surface area (TPSA) is 63.4 Å². The van der Waals surface area contributed by atoms with Crippen molar-refractivity contribution in [2.75, 3.05) is 0 Å². The fourth-order valence-electron chi connectivity index (χ4n) is 0.926. The lowest BCUT2D eigenvalue weighted by atomic mass is 10.2. The second-order valence-electron chi connectivity index (χ2n) is 2.27. The Hall–Kier alpha value is -0.780. The van der Waals surface area contributed by atoms with Crippen LogP contribution in [0.25, 0.3) is 0 Å². The summed E-state index contributed by atoms with van der Waals surface area (Å²) in [6.45, 7) is 0. The van der Waals surface area contributed by atoms with Crippen LogP contribution in [0, 0.1) is 10.1 Å². The van der Waals surface area contributed by atoms with Gasteiger partial charge in [0.15, 0.2) is 0 Å². The minimum atomic E-state index is -0.516. The van der Waals surface area contributed by atoms with Gasteiger partial charge in [0.2, 0.25) is 0 Å². The third kappa shape index (κ3) is 2.33. The van der Waals surface area contributed by atoms with Gasteiger partial charge in [-0.3, -0.25) is 10.1 Å². The summed E-state index contributed by atoms with van der Waals surface area (Å²) in [7, 11) is 0. The molecule has 0 aliphatic rings. The molecule has 0 unspecified atom stereocenters. The van der Waals surface area contributed by atoms with E-state index >= 15 is 0 Å². The number of nitro benzene ring substituents is 1. The molecule has 0 bridgehead atoms. The first-order valence-corrected chi connectivity index (χ1v) is 4.67. The quantitative estimate of drug-likeness (QED) is 0.482. The maximum atomic E-state index is 10.5. The maximum absolute atomic E-state index is 10.5. The highest BCUT2D eigenvalue weighted by atomic mass is 35.5. The van der Waals surface area contributed by atoms with Gasteiger partial charge in [-0.05, 0) is 18.1 Å². The summed E-state index contributed by atoms with van der Waals surface area (Å²) in [4.78, 5) is 9.99. The molecule has 1 aromatic rings. The van der Waals surface area contributed by atoms with Crippen molar-refractivity contribution >= 4 is 29.3 Å². The summed E-state index contributed by atoms with van der Waals surface area (Å²) in [5, 5.41) is 10.8. The van der Waals surface area contributed by atoms with E-state index in [0.29, 0.717) is 22.6 Å². The van der Waals surface area contributed by atoms with E-state index in [1.807, 2.05) is 0 Å². The second kappa shape index (κ2) is 4.45. The summed E-state index contributed by atoms with van der Waals surface area (Å²) >= 11 is 6.23. The Morgan fingerprint density at radius 3 is 2.85 bits per heavy atom. The van der Waals surface area contributed by atoms with Crippen molar-refractivity contribution < 1.29 is 9.48 Å². The minimum Gasteiger partial charge on any atom is -0.330 e. The molecule has 0 saturated heterocycles. The third-order valence-electron chi connectivity index (χ3n) is 1.50. The van der Waals surface area contributed by atoms with E-state index < -0.39 is 4.92 Å². The van der Waals surface area contributed by atoms with E-state index in [4.69, 9.17) is 16.2 Å². The molecule has 0 aliphatic heterocycles. The zero-order chi connectivity index (χ0) is 9.84. The van der Waals surface area contributed by atoms with Crippen LogP contribution in [-0.2, 0) is 5.75 Å². The molecule has 0 heterocycles. The third-order valence-corrected chi connectivity index (χ3v) is 2.27. The molecule has 0 fully saturated rings. The Bertz CT molecular complexity index is 332. The SMILES string of the molecule is O=[N+]([O-])c1cccc(Cl)c1CSO. The van der Waals surface area contributed by atoms with E-state index in [-0.39, 0.29) is 11.4 Å². The van der Waals surface area contributed by atoms with Gasteiger partial charge in [0, 0.05) is 6.07 Å². The van der Waals surface area contributed by atoms with Gasteiger partial charge in [0.05, 0.1) is 21.3 Å². The lowest BCUT2D eigenvalue weighted by molar-refractivity contribution is -0.385. The number of nitrogens with zero attached hydrogens (tertiary/aromatic N) is 1. The van der Waals surface area contributed by atoms with Crippen LogP contribution in [0.4, 0.5) is 5.69 Å². The molecule has 0 amide bonds. The van der Waals surface area contributed by atoms with Gasteiger partial charge in [0.25, 0.3) is 5.69 Å². The minimum absolute atomic E-state index is 0.0611. The van der Waals surface area contributed by atoms with Crippen LogP contribution in [0.1, 0.15) is 5.56 Å². The molecule has 1 N–H and O–H groups in total. The van der Waals surface area contributed by atoms with Gasteiger partial charge in [-0.2, -0.15) is 0 Å². The van der Waals surface area contributed by atoms with Gasteiger partial charge in [-0.25, -0.2) is 0 Å². The van der Waals surface area contributed by atoms with Crippen LogP contribution in [0.5, 0.6) is 0 Å². The van der Waals surface area contributed by atoms with Gasteiger partial charge in [0.1, 0.15) is 0 Å². The molecule has 1 rings (SSSR count). The lowest BCUT2D eigenvalue weighted by Crippen LogP contribution is -1.94. The zero-order valence-electron chi connectivity index (χ0n) is 6.44. The van der Waals surface area contributed by atoms with Crippen LogP contribution in [0.3, 0.4) is 0 Å². The van der Waals surface area contributed by atoms with Crippen molar-refractivity contribution in [3.8, 4) is 0 Å². The zero-order valence-corrected chi connectivity index (χ0v) is 8.01. The fraction of sp³-hybridized carbons (Fsp3) is 0.143. The Balaban J connectivity index is 3.17. The molecule has 0 saturated carbocycles. The number of rotatable bonds is 3. The average Bonchev–Trinajstić information content (AvgIpc) is 2.08. The standard InChI is InChI=1S/C7H6ClNO3S/c8-6-2-1-3-7(9(10)11)5(6)4-13-12/h1-3,12H,4H2. The van der Waals surface area contributed by atoms with Crippen LogP contribution in [-0.4, -0.2) is 9.48 Å². The first-order chi connectivity index (χ1) is 6.16. The van der Waals surface area contributed by atoms with Crippen molar-refractivity contribution in [2.24, 2.45) is 0 Å². The molecule has 13 heavy (non-hydrogen) atoms. The molecule has 4 nitrogen and oxygen atoms in total. The largest absolute Gasteiger partial charge is 0.330 e. The lowest BCUT2D eigenvalue weighted by Gasteiger charge is -2.01. The molecule has 0 spiro atoms. The first-order valence-electron chi connectivity index (χ1n) is 3.35. The van der Waals surface area contributed by atoms with Crippen molar-refractivity contribution in [1.82, 2.24) is 0 Å².